The highest BCUT2D eigenvalue weighted by atomic mass is 16.5. The number of rotatable bonds is 38. The van der Waals surface area contributed by atoms with Gasteiger partial charge in [0, 0.05) is 19.8 Å². The predicted molar refractivity (Wildman–Crippen MR) is 187 cm³/mol. The van der Waals surface area contributed by atoms with Crippen LogP contribution in [0.25, 0.3) is 0 Å². The zero-order valence-electron chi connectivity index (χ0n) is 29.3. The Hall–Kier alpha value is -0.120. The van der Waals surface area contributed by atoms with Crippen LogP contribution in [-0.2, 0) is 9.47 Å². The lowest BCUT2D eigenvalue weighted by atomic mass is 10.0. The maximum Gasteiger partial charge on any atom is 0.0809 e. The number of hydrogen-bond donors (Lipinski definition) is 1. The van der Waals surface area contributed by atoms with Gasteiger partial charge in [-0.2, -0.15) is 0 Å². The van der Waals surface area contributed by atoms with E-state index in [4.69, 9.17) is 9.47 Å². The Kier molecular flexibility index (Phi) is 38.8. The SMILES string of the molecule is CCCCCCCCCCCCCCCCCCOC[C@H](CCCO)OCCCCCCCCCCCCCCCC. The fourth-order valence-corrected chi connectivity index (χ4v) is 6.05. The minimum atomic E-state index is 0.153. The second-order valence-corrected chi connectivity index (χ2v) is 13.3. The van der Waals surface area contributed by atoms with Crippen LogP contribution in [0.5, 0.6) is 0 Å². The molecule has 3 nitrogen and oxygen atoms in total. The van der Waals surface area contributed by atoms with Crippen molar-refractivity contribution < 1.29 is 14.6 Å². The summed E-state index contributed by atoms with van der Waals surface area (Å²) in [4.78, 5) is 0. The number of unbranched alkanes of at least 4 members (excludes halogenated alkanes) is 28. The van der Waals surface area contributed by atoms with Crippen LogP contribution in [0.1, 0.15) is 219 Å². The number of ether oxygens (including phenoxy) is 2. The van der Waals surface area contributed by atoms with Crippen molar-refractivity contribution in [2.75, 3.05) is 26.4 Å². The van der Waals surface area contributed by atoms with E-state index in [0.717, 1.165) is 32.5 Å². The minimum absolute atomic E-state index is 0.153. The Balaban J connectivity index is 3.43. The molecule has 0 aliphatic heterocycles. The van der Waals surface area contributed by atoms with Crippen molar-refractivity contribution in [3.63, 3.8) is 0 Å². The van der Waals surface area contributed by atoms with Crippen molar-refractivity contribution in [3.05, 3.63) is 0 Å². The molecule has 1 N–H and O–H groups in total. The molecule has 0 spiro atoms. The third kappa shape index (κ3) is 36.1. The molecule has 0 aromatic heterocycles. The molecule has 0 aromatic rings. The van der Waals surface area contributed by atoms with Gasteiger partial charge in [0.15, 0.2) is 0 Å². The molecule has 0 saturated carbocycles. The van der Waals surface area contributed by atoms with Gasteiger partial charge in [-0.05, 0) is 25.7 Å². The summed E-state index contributed by atoms with van der Waals surface area (Å²) in [5.74, 6) is 0. The first-order valence-corrected chi connectivity index (χ1v) is 19.6. The Morgan fingerprint density at radius 3 is 1.02 bits per heavy atom. The van der Waals surface area contributed by atoms with E-state index >= 15 is 0 Å². The minimum Gasteiger partial charge on any atom is -0.396 e. The molecule has 0 bridgehead atoms. The van der Waals surface area contributed by atoms with Crippen LogP contribution in [0, 0.1) is 0 Å². The van der Waals surface area contributed by atoms with Gasteiger partial charge in [-0.3, -0.25) is 0 Å². The quantitative estimate of drug-likeness (QED) is 0.0720. The van der Waals surface area contributed by atoms with Gasteiger partial charge in [0.05, 0.1) is 12.7 Å². The fourth-order valence-electron chi connectivity index (χ4n) is 6.05. The normalized spacial score (nSPS) is 12.4. The molecule has 42 heavy (non-hydrogen) atoms. The van der Waals surface area contributed by atoms with E-state index < -0.39 is 0 Å². The van der Waals surface area contributed by atoms with E-state index in [1.165, 1.54) is 186 Å². The van der Waals surface area contributed by atoms with Gasteiger partial charge in [-0.25, -0.2) is 0 Å². The first kappa shape index (κ1) is 41.9. The van der Waals surface area contributed by atoms with Gasteiger partial charge in [0.1, 0.15) is 0 Å². The van der Waals surface area contributed by atoms with Crippen LogP contribution in [0.2, 0.25) is 0 Å². The summed E-state index contributed by atoms with van der Waals surface area (Å²) in [6.45, 7) is 7.23. The van der Waals surface area contributed by atoms with Crippen molar-refractivity contribution in [2.24, 2.45) is 0 Å². The van der Waals surface area contributed by atoms with Crippen LogP contribution in [0.4, 0.5) is 0 Å². The Labute approximate surface area is 266 Å². The molecule has 0 aromatic carbocycles. The van der Waals surface area contributed by atoms with Gasteiger partial charge in [0.25, 0.3) is 0 Å². The summed E-state index contributed by atoms with van der Waals surface area (Å²) in [6.07, 6.45) is 43.7. The number of hydrogen-bond acceptors (Lipinski definition) is 3. The highest BCUT2D eigenvalue weighted by molar-refractivity contribution is 4.58. The fraction of sp³-hybridized carbons (Fsp3) is 1.00. The molecular formula is C39H80O3. The third-order valence-corrected chi connectivity index (χ3v) is 8.98. The maximum absolute atomic E-state index is 9.25. The molecule has 0 heterocycles. The van der Waals surface area contributed by atoms with Crippen molar-refractivity contribution in [3.8, 4) is 0 Å². The van der Waals surface area contributed by atoms with E-state index in [2.05, 4.69) is 13.8 Å². The van der Waals surface area contributed by atoms with E-state index in [-0.39, 0.29) is 12.7 Å². The second-order valence-electron chi connectivity index (χ2n) is 13.3. The second kappa shape index (κ2) is 38.9. The van der Waals surface area contributed by atoms with Crippen molar-refractivity contribution >= 4 is 0 Å². The van der Waals surface area contributed by atoms with Crippen molar-refractivity contribution in [1.82, 2.24) is 0 Å². The van der Waals surface area contributed by atoms with Crippen LogP contribution in [-0.4, -0.2) is 37.6 Å². The molecule has 0 fully saturated rings. The van der Waals surface area contributed by atoms with Gasteiger partial charge in [-0.1, -0.05) is 194 Å². The molecule has 1 atom stereocenters. The molecule has 0 aliphatic rings. The van der Waals surface area contributed by atoms with E-state index in [9.17, 15) is 5.11 Å². The summed E-state index contributed by atoms with van der Waals surface area (Å²) in [6, 6.07) is 0. The Morgan fingerprint density at radius 2 is 0.690 bits per heavy atom. The summed E-state index contributed by atoms with van der Waals surface area (Å²) in [5.41, 5.74) is 0. The van der Waals surface area contributed by atoms with Gasteiger partial charge < -0.3 is 14.6 Å². The van der Waals surface area contributed by atoms with Crippen molar-refractivity contribution in [2.45, 2.75) is 225 Å². The molecular weight excluding hydrogens is 516 g/mol. The lowest BCUT2D eigenvalue weighted by Crippen LogP contribution is -2.21. The summed E-state index contributed by atoms with van der Waals surface area (Å²) >= 11 is 0. The Bertz CT molecular complexity index is 455. The summed E-state index contributed by atoms with van der Waals surface area (Å²) in [7, 11) is 0. The lowest BCUT2D eigenvalue weighted by molar-refractivity contribution is -0.0248. The van der Waals surface area contributed by atoms with E-state index in [0.29, 0.717) is 6.61 Å². The molecule has 0 saturated heterocycles. The molecule has 0 amide bonds. The molecule has 0 rings (SSSR count). The largest absolute Gasteiger partial charge is 0.396 e. The molecule has 0 aliphatic carbocycles. The maximum atomic E-state index is 9.25. The first-order valence-electron chi connectivity index (χ1n) is 19.6. The summed E-state index contributed by atoms with van der Waals surface area (Å²) < 4.78 is 12.1. The van der Waals surface area contributed by atoms with Gasteiger partial charge >= 0.3 is 0 Å². The zero-order chi connectivity index (χ0) is 30.4. The van der Waals surface area contributed by atoms with Crippen molar-refractivity contribution in [1.29, 1.82) is 0 Å². The highest BCUT2D eigenvalue weighted by Gasteiger charge is 2.09. The predicted octanol–water partition coefficient (Wildman–Crippen LogP) is 12.9. The van der Waals surface area contributed by atoms with Crippen LogP contribution >= 0.6 is 0 Å². The van der Waals surface area contributed by atoms with Gasteiger partial charge in [-0.15, -0.1) is 0 Å². The lowest BCUT2D eigenvalue weighted by Gasteiger charge is -2.18. The summed E-state index contributed by atoms with van der Waals surface area (Å²) in [5, 5.41) is 9.25. The van der Waals surface area contributed by atoms with E-state index in [1.807, 2.05) is 0 Å². The standard InChI is InChI=1S/C39H80O3/c1-3-5-7-9-11-13-15-17-19-20-21-23-25-27-29-31-36-41-38-39(34-33-35-40)42-37-32-30-28-26-24-22-18-16-14-12-10-8-6-4-2/h39-40H,3-38H2,1-2H3/t39-/m0/s1. The monoisotopic (exact) mass is 597 g/mol. The number of aliphatic hydroxyl groups is 1. The van der Waals surface area contributed by atoms with Gasteiger partial charge in [0.2, 0.25) is 0 Å². The average Bonchev–Trinajstić information content (AvgIpc) is 3.00. The molecule has 0 radical (unpaired) electrons. The third-order valence-electron chi connectivity index (χ3n) is 8.98. The van der Waals surface area contributed by atoms with Crippen LogP contribution in [0.3, 0.4) is 0 Å². The first-order chi connectivity index (χ1) is 20.8. The zero-order valence-corrected chi connectivity index (χ0v) is 29.3. The van der Waals surface area contributed by atoms with Crippen LogP contribution < -0.4 is 0 Å². The molecule has 3 heteroatoms. The smallest absolute Gasteiger partial charge is 0.0809 e. The Morgan fingerprint density at radius 1 is 0.381 bits per heavy atom. The molecule has 254 valence electrons. The average molecular weight is 597 g/mol. The van der Waals surface area contributed by atoms with Crippen LogP contribution in [0.15, 0.2) is 0 Å². The topological polar surface area (TPSA) is 38.7 Å². The number of aliphatic hydroxyl groups excluding tert-OH is 1. The molecule has 0 unspecified atom stereocenters. The highest BCUT2D eigenvalue weighted by Crippen LogP contribution is 2.15. The van der Waals surface area contributed by atoms with E-state index in [1.54, 1.807) is 0 Å².